The van der Waals surface area contributed by atoms with Crippen LogP contribution in [0.1, 0.15) is 23.2 Å². The predicted octanol–water partition coefficient (Wildman–Crippen LogP) is 4.09. The van der Waals surface area contributed by atoms with E-state index in [4.69, 9.17) is 0 Å². The molecular formula is C21H19N5O. The second-order valence-electron chi connectivity index (χ2n) is 6.99. The predicted molar refractivity (Wildman–Crippen MR) is 106 cm³/mol. The van der Waals surface area contributed by atoms with E-state index in [0.717, 1.165) is 45.9 Å². The molecule has 0 saturated heterocycles. The van der Waals surface area contributed by atoms with Crippen molar-refractivity contribution >= 4 is 39.2 Å². The summed E-state index contributed by atoms with van der Waals surface area (Å²) in [4.78, 5) is 19.1. The van der Waals surface area contributed by atoms with Crippen molar-refractivity contribution in [1.29, 1.82) is 0 Å². The second-order valence-corrected chi connectivity index (χ2v) is 6.99. The van der Waals surface area contributed by atoms with Gasteiger partial charge in [-0.3, -0.25) is 14.9 Å². The second kappa shape index (κ2) is 6.09. The number of fused-ring (bicyclic) bond motifs is 2. The number of rotatable bonds is 4. The Morgan fingerprint density at radius 2 is 2.07 bits per heavy atom. The van der Waals surface area contributed by atoms with Gasteiger partial charge in [-0.2, -0.15) is 5.10 Å². The van der Waals surface area contributed by atoms with E-state index in [1.165, 1.54) is 0 Å². The molecule has 5 rings (SSSR count). The number of hydrogen-bond acceptors (Lipinski definition) is 4. The van der Waals surface area contributed by atoms with Crippen molar-refractivity contribution in [1.82, 2.24) is 20.1 Å². The highest BCUT2D eigenvalue weighted by Crippen LogP contribution is 2.30. The standard InChI is InChI=1S/C21H19N5O/c1-26(15-8-9-15)21(27)17-5-2-4-13-12-14(7-10-16(13)17)23-20-19-18(24-25-20)6-3-11-22-19/h2-7,10-12,15H,8-9H2,1H3,(H2,23,24,25). The molecule has 0 spiro atoms. The van der Waals surface area contributed by atoms with Gasteiger partial charge in [0.05, 0.1) is 5.52 Å². The molecule has 1 fully saturated rings. The lowest BCUT2D eigenvalue weighted by Crippen LogP contribution is -2.28. The highest BCUT2D eigenvalue weighted by Gasteiger charge is 2.30. The molecule has 1 aliphatic carbocycles. The van der Waals surface area contributed by atoms with Gasteiger partial charge in [-0.25, -0.2) is 0 Å². The van der Waals surface area contributed by atoms with Gasteiger partial charge in [-0.1, -0.05) is 18.2 Å². The molecule has 0 bridgehead atoms. The van der Waals surface area contributed by atoms with Crippen molar-refractivity contribution in [2.24, 2.45) is 0 Å². The fraction of sp³-hybridized carbons (Fsp3) is 0.190. The van der Waals surface area contributed by atoms with E-state index < -0.39 is 0 Å². The Morgan fingerprint density at radius 3 is 2.93 bits per heavy atom. The van der Waals surface area contributed by atoms with Crippen LogP contribution in [0, 0.1) is 0 Å². The normalized spacial score (nSPS) is 13.8. The Balaban J connectivity index is 1.50. The quantitative estimate of drug-likeness (QED) is 0.577. The number of nitrogens with zero attached hydrogens (tertiary/aromatic N) is 3. The fourth-order valence-electron chi connectivity index (χ4n) is 3.44. The zero-order valence-electron chi connectivity index (χ0n) is 14.9. The van der Waals surface area contributed by atoms with Gasteiger partial charge in [-0.15, -0.1) is 0 Å². The molecule has 4 aromatic rings. The van der Waals surface area contributed by atoms with E-state index in [9.17, 15) is 4.79 Å². The van der Waals surface area contributed by atoms with Crippen LogP contribution in [-0.2, 0) is 0 Å². The van der Waals surface area contributed by atoms with E-state index in [0.29, 0.717) is 11.9 Å². The van der Waals surface area contributed by atoms with Crippen LogP contribution >= 0.6 is 0 Å². The molecule has 1 aliphatic rings. The summed E-state index contributed by atoms with van der Waals surface area (Å²) in [5, 5.41) is 12.6. The van der Waals surface area contributed by atoms with Crippen LogP contribution in [0.5, 0.6) is 0 Å². The molecule has 6 heteroatoms. The maximum Gasteiger partial charge on any atom is 0.254 e. The van der Waals surface area contributed by atoms with Gasteiger partial charge in [0.1, 0.15) is 5.52 Å². The molecule has 6 nitrogen and oxygen atoms in total. The highest BCUT2D eigenvalue weighted by molar-refractivity contribution is 6.07. The third-order valence-electron chi connectivity index (χ3n) is 5.11. The highest BCUT2D eigenvalue weighted by atomic mass is 16.2. The molecule has 2 aromatic carbocycles. The zero-order chi connectivity index (χ0) is 18.4. The van der Waals surface area contributed by atoms with Crippen molar-refractivity contribution < 1.29 is 4.79 Å². The van der Waals surface area contributed by atoms with E-state index in [2.05, 4.69) is 20.5 Å². The molecule has 0 atom stereocenters. The summed E-state index contributed by atoms with van der Waals surface area (Å²) in [6.07, 6.45) is 3.96. The lowest BCUT2D eigenvalue weighted by atomic mass is 10.0. The van der Waals surface area contributed by atoms with E-state index in [-0.39, 0.29) is 5.91 Å². The molecule has 1 amide bonds. The number of aromatic nitrogens is 3. The Kier molecular flexibility index (Phi) is 3.57. The largest absolute Gasteiger partial charge is 0.339 e. The summed E-state index contributed by atoms with van der Waals surface area (Å²) in [6, 6.07) is 16.1. The number of nitrogens with one attached hydrogen (secondary N) is 2. The lowest BCUT2D eigenvalue weighted by molar-refractivity contribution is 0.0787. The number of aromatic amines is 1. The van der Waals surface area contributed by atoms with Gasteiger partial charge in [-0.05, 0) is 53.9 Å². The molecule has 0 aliphatic heterocycles. The molecule has 2 N–H and O–H groups in total. The Bertz CT molecular complexity index is 1160. The third-order valence-corrected chi connectivity index (χ3v) is 5.11. The number of amides is 1. The van der Waals surface area contributed by atoms with Gasteiger partial charge in [0.25, 0.3) is 5.91 Å². The molecule has 2 aromatic heterocycles. The van der Waals surface area contributed by atoms with Crippen LogP contribution in [-0.4, -0.2) is 39.1 Å². The zero-order valence-corrected chi connectivity index (χ0v) is 14.9. The van der Waals surface area contributed by atoms with Crippen molar-refractivity contribution in [2.75, 3.05) is 12.4 Å². The molecular weight excluding hydrogens is 338 g/mol. The molecule has 1 saturated carbocycles. The third kappa shape index (κ3) is 2.79. The van der Waals surface area contributed by atoms with E-state index in [1.54, 1.807) is 6.20 Å². The molecule has 134 valence electrons. The average Bonchev–Trinajstić information content (AvgIpc) is 3.48. The van der Waals surface area contributed by atoms with Crippen molar-refractivity contribution in [3.05, 3.63) is 60.3 Å². The van der Waals surface area contributed by atoms with Gasteiger partial charge in [0.2, 0.25) is 0 Å². The number of pyridine rings is 1. The van der Waals surface area contributed by atoms with E-state index >= 15 is 0 Å². The minimum absolute atomic E-state index is 0.0892. The van der Waals surface area contributed by atoms with Crippen LogP contribution in [0.4, 0.5) is 11.5 Å². The monoisotopic (exact) mass is 357 g/mol. The summed E-state index contributed by atoms with van der Waals surface area (Å²) in [5.41, 5.74) is 3.34. The van der Waals surface area contributed by atoms with Crippen LogP contribution in [0.15, 0.2) is 54.7 Å². The van der Waals surface area contributed by atoms with Gasteiger partial charge < -0.3 is 10.2 Å². The van der Waals surface area contributed by atoms with Crippen LogP contribution in [0.25, 0.3) is 21.8 Å². The Morgan fingerprint density at radius 1 is 1.19 bits per heavy atom. The average molecular weight is 357 g/mol. The fourth-order valence-corrected chi connectivity index (χ4v) is 3.44. The van der Waals surface area contributed by atoms with Gasteiger partial charge in [0.15, 0.2) is 5.82 Å². The summed E-state index contributed by atoms with van der Waals surface area (Å²) in [6.45, 7) is 0. The Hall–Kier alpha value is -3.41. The minimum Gasteiger partial charge on any atom is -0.339 e. The lowest BCUT2D eigenvalue weighted by Gasteiger charge is -2.17. The minimum atomic E-state index is 0.0892. The number of carbonyl (C=O) groups is 1. The van der Waals surface area contributed by atoms with Crippen LogP contribution in [0.2, 0.25) is 0 Å². The van der Waals surface area contributed by atoms with E-state index in [1.807, 2.05) is 60.5 Å². The molecule has 0 radical (unpaired) electrons. The van der Waals surface area contributed by atoms with Gasteiger partial charge in [0, 0.05) is 30.5 Å². The van der Waals surface area contributed by atoms with Crippen LogP contribution < -0.4 is 5.32 Å². The topological polar surface area (TPSA) is 73.9 Å². The first-order valence-electron chi connectivity index (χ1n) is 9.07. The first-order valence-corrected chi connectivity index (χ1v) is 9.07. The molecule has 27 heavy (non-hydrogen) atoms. The number of carbonyl (C=O) groups excluding carboxylic acids is 1. The van der Waals surface area contributed by atoms with Crippen LogP contribution in [0.3, 0.4) is 0 Å². The maximum atomic E-state index is 12.8. The SMILES string of the molecule is CN(C(=O)c1cccc2cc(Nc3n[nH]c4cccnc34)ccc12)C1CC1. The first kappa shape index (κ1) is 15.8. The summed E-state index contributed by atoms with van der Waals surface area (Å²) in [5.74, 6) is 0.775. The molecule has 0 unspecified atom stereocenters. The maximum absolute atomic E-state index is 12.8. The number of anilines is 2. The van der Waals surface area contributed by atoms with Crippen molar-refractivity contribution in [3.8, 4) is 0 Å². The smallest absolute Gasteiger partial charge is 0.254 e. The van der Waals surface area contributed by atoms with Crippen molar-refractivity contribution in [3.63, 3.8) is 0 Å². The number of benzene rings is 2. The molecule has 2 heterocycles. The summed E-state index contributed by atoms with van der Waals surface area (Å²) >= 11 is 0. The number of hydrogen-bond donors (Lipinski definition) is 2. The number of H-pyrrole nitrogens is 1. The van der Waals surface area contributed by atoms with Gasteiger partial charge >= 0.3 is 0 Å². The summed E-state index contributed by atoms with van der Waals surface area (Å²) < 4.78 is 0. The Labute approximate surface area is 156 Å². The first-order chi connectivity index (χ1) is 13.2. The summed E-state index contributed by atoms with van der Waals surface area (Å²) in [7, 11) is 1.89. The van der Waals surface area contributed by atoms with Crippen molar-refractivity contribution in [2.45, 2.75) is 18.9 Å².